The molecule has 0 atom stereocenters. The van der Waals surface area contributed by atoms with Crippen LogP contribution in [0.15, 0.2) is 24.3 Å². The first-order valence-electron chi connectivity index (χ1n) is 7.57. The van der Waals surface area contributed by atoms with Crippen LogP contribution in [0, 0.1) is 0 Å². The quantitative estimate of drug-likeness (QED) is 0.730. The highest BCUT2D eigenvalue weighted by Gasteiger charge is 2.28. The number of amides is 3. The second kappa shape index (κ2) is 9.65. The summed E-state index contributed by atoms with van der Waals surface area (Å²) < 4.78 is 40.3. The third kappa shape index (κ3) is 9.33. The SMILES string of the molecule is CCc1ccc(CCC(=O)OCC(=O)NC(=O)NCC(F)(F)F)cc1. The van der Waals surface area contributed by atoms with E-state index < -0.39 is 37.2 Å². The van der Waals surface area contributed by atoms with Gasteiger partial charge in [0.05, 0.1) is 0 Å². The Labute approximate surface area is 142 Å². The van der Waals surface area contributed by atoms with Gasteiger partial charge in [-0.05, 0) is 24.0 Å². The van der Waals surface area contributed by atoms with Gasteiger partial charge in [0.1, 0.15) is 6.54 Å². The van der Waals surface area contributed by atoms with Gasteiger partial charge in [0, 0.05) is 6.42 Å². The molecule has 0 spiro atoms. The van der Waals surface area contributed by atoms with Gasteiger partial charge < -0.3 is 10.1 Å². The van der Waals surface area contributed by atoms with Crippen molar-refractivity contribution in [3.05, 3.63) is 35.4 Å². The molecule has 0 unspecified atom stereocenters. The van der Waals surface area contributed by atoms with Gasteiger partial charge in [-0.2, -0.15) is 13.2 Å². The lowest BCUT2D eigenvalue weighted by atomic mass is 10.1. The summed E-state index contributed by atoms with van der Waals surface area (Å²) >= 11 is 0. The first-order valence-corrected chi connectivity index (χ1v) is 7.57. The predicted octanol–water partition coefficient (Wildman–Crippen LogP) is 2.11. The minimum absolute atomic E-state index is 0.0407. The number of imide groups is 1. The molecule has 6 nitrogen and oxygen atoms in total. The zero-order valence-corrected chi connectivity index (χ0v) is 13.6. The predicted molar refractivity (Wildman–Crippen MR) is 82.7 cm³/mol. The van der Waals surface area contributed by atoms with Gasteiger partial charge in [0.15, 0.2) is 6.61 Å². The summed E-state index contributed by atoms with van der Waals surface area (Å²) in [6.07, 6.45) is -3.20. The molecule has 0 radical (unpaired) electrons. The van der Waals surface area contributed by atoms with Gasteiger partial charge >= 0.3 is 18.2 Å². The highest BCUT2D eigenvalue weighted by Crippen LogP contribution is 2.12. The first-order chi connectivity index (χ1) is 11.7. The smallest absolute Gasteiger partial charge is 0.405 e. The summed E-state index contributed by atoms with van der Waals surface area (Å²) in [5.41, 5.74) is 2.11. The fourth-order valence-electron chi connectivity index (χ4n) is 1.79. The molecule has 0 aliphatic carbocycles. The average molecular weight is 360 g/mol. The number of halogens is 3. The van der Waals surface area contributed by atoms with E-state index in [1.54, 1.807) is 5.32 Å². The van der Waals surface area contributed by atoms with Gasteiger partial charge in [-0.15, -0.1) is 0 Å². The molecule has 3 amide bonds. The van der Waals surface area contributed by atoms with Crippen molar-refractivity contribution in [2.45, 2.75) is 32.4 Å². The van der Waals surface area contributed by atoms with Crippen molar-refractivity contribution in [2.75, 3.05) is 13.2 Å². The van der Waals surface area contributed by atoms with Gasteiger partial charge in [0.25, 0.3) is 5.91 Å². The minimum Gasteiger partial charge on any atom is -0.456 e. The van der Waals surface area contributed by atoms with Crippen LogP contribution in [0.4, 0.5) is 18.0 Å². The normalized spacial score (nSPS) is 10.9. The Hall–Kier alpha value is -2.58. The van der Waals surface area contributed by atoms with Crippen LogP contribution in [0.3, 0.4) is 0 Å². The summed E-state index contributed by atoms with van der Waals surface area (Å²) in [5.74, 6) is -1.66. The molecule has 0 saturated heterocycles. The summed E-state index contributed by atoms with van der Waals surface area (Å²) in [6.45, 7) is -0.281. The Morgan fingerprint density at radius 1 is 1.08 bits per heavy atom. The van der Waals surface area contributed by atoms with Crippen molar-refractivity contribution < 1.29 is 32.3 Å². The molecular formula is C16H19F3N2O4. The Morgan fingerprint density at radius 2 is 1.68 bits per heavy atom. The monoisotopic (exact) mass is 360 g/mol. The van der Waals surface area contributed by atoms with Crippen molar-refractivity contribution in [1.29, 1.82) is 0 Å². The molecule has 1 aromatic carbocycles. The number of aryl methyl sites for hydroxylation is 2. The number of carbonyl (C=O) groups excluding carboxylic acids is 3. The average Bonchev–Trinajstić information content (AvgIpc) is 2.56. The van der Waals surface area contributed by atoms with Gasteiger partial charge in [-0.1, -0.05) is 31.2 Å². The maximum Gasteiger partial charge on any atom is 0.405 e. The lowest BCUT2D eigenvalue weighted by Crippen LogP contribution is -2.44. The number of rotatable bonds is 7. The van der Waals surface area contributed by atoms with Crippen LogP contribution in [-0.2, 0) is 27.2 Å². The number of alkyl halides is 3. The molecule has 2 N–H and O–H groups in total. The minimum atomic E-state index is -4.58. The number of hydrogen-bond acceptors (Lipinski definition) is 4. The summed E-state index contributed by atoms with van der Waals surface area (Å²) in [5, 5.41) is 3.09. The second-order valence-electron chi connectivity index (χ2n) is 5.18. The van der Waals surface area contributed by atoms with E-state index in [9.17, 15) is 27.6 Å². The van der Waals surface area contributed by atoms with Crippen LogP contribution >= 0.6 is 0 Å². The van der Waals surface area contributed by atoms with Crippen molar-refractivity contribution in [3.63, 3.8) is 0 Å². The van der Waals surface area contributed by atoms with E-state index in [1.165, 1.54) is 10.9 Å². The van der Waals surface area contributed by atoms with E-state index in [-0.39, 0.29) is 6.42 Å². The number of carbonyl (C=O) groups is 3. The number of nitrogens with one attached hydrogen (secondary N) is 2. The molecule has 1 rings (SSSR count). The second-order valence-corrected chi connectivity index (χ2v) is 5.18. The number of benzene rings is 1. The molecule has 0 bridgehead atoms. The third-order valence-electron chi connectivity index (χ3n) is 3.12. The van der Waals surface area contributed by atoms with Crippen LogP contribution in [-0.4, -0.2) is 37.2 Å². The maximum atomic E-state index is 11.9. The van der Waals surface area contributed by atoms with Crippen LogP contribution in [0.1, 0.15) is 24.5 Å². The molecular weight excluding hydrogens is 341 g/mol. The van der Waals surface area contributed by atoms with Crippen molar-refractivity contribution in [3.8, 4) is 0 Å². The topological polar surface area (TPSA) is 84.5 Å². The van der Waals surface area contributed by atoms with Gasteiger partial charge in [0.2, 0.25) is 0 Å². The van der Waals surface area contributed by atoms with E-state index in [0.29, 0.717) is 6.42 Å². The van der Waals surface area contributed by atoms with E-state index in [1.807, 2.05) is 31.2 Å². The Morgan fingerprint density at radius 3 is 2.24 bits per heavy atom. The van der Waals surface area contributed by atoms with E-state index in [0.717, 1.165) is 12.0 Å². The molecule has 0 aliphatic rings. The van der Waals surface area contributed by atoms with Crippen LogP contribution in [0.25, 0.3) is 0 Å². The zero-order chi connectivity index (χ0) is 18.9. The van der Waals surface area contributed by atoms with E-state index in [2.05, 4.69) is 4.74 Å². The zero-order valence-electron chi connectivity index (χ0n) is 13.6. The van der Waals surface area contributed by atoms with E-state index in [4.69, 9.17) is 0 Å². The fourth-order valence-corrected chi connectivity index (χ4v) is 1.79. The number of esters is 1. The van der Waals surface area contributed by atoms with Crippen LogP contribution in [0.5, 0.6) is 0 Å². The molecule has 0 aromatic heterocycles. The highest BCUT2D eigenvalue weighted by atomic mass is 19.4. The molecule has 0 heterocycles. The molecule has 25 heavy (non-hydrogen) atoms. The van der Waals surface area contributed by atoms with E-state index >= 15 is 0 Å². The third-order valence-corrected chi connectivity index (χ3v) is 3.12. The number of ether oxygens (including phenoxy) is 1. The molecule has 0 fully saturated rings. The Kier molecular flexibility index (Phi) is 7.90. The standard InChI is InChI=1S/C16H19F3N2O4/c1-2-11-3-5-12(6-4-11)7-8-14(23)25-9-13(22)21-15(24)20-10-16(17,18)19/h3-6H,2,7-10H2,1H3,(H2,20,21,22,24). The Balaban J connectivity index is 2.24. The maximum absolute atomic E-state index is 11.9. The summed E-state index contributed by atoms with van der Waals surface area (Å²) in [7, 11) is 0. The number of hydrogen-bond donors (Lipinski definition) is 2. The summed E-state index contributed by atoms with van der Waals surface area (Å²) in [6, 6.07) is 6.38. The van der Waals surface area contributed by atoms with Gasteiger partial charge in [-0.25, -0.2) is 4.79 Å². The molecule has 0 aliphatic heterocycles. The molecule has 0 saturated carbocycles. The lowest BCUT2D eigenvalue weighted by Gasteiger charge is -2.09. The van der Waals surface area contributed by atoms with Gasteiger partial charge in [-0.3, -0.25) is 14.9 Å². The van der Waals surface area contributed by atoms with Crippen LogP contribution in [0.2, 0.25) is 0 Å². The molecule has 1 aromatic rings. The van der Waals surface area contributed by atoms with Crippen molar-refractivity contribution in [1.82, 2.24) is 10.6 Å². The van der Waals surface area contributed by atoms with Crippen molar-refractivity contribution >= 4 is 17.9 Å². The molecule has 9 heteroatoms. The Bertz CT molecular complexity index is 600. The van der Waals surface area contributed by atoms with Crippen LogP contribution < -0.4 is 10.6 Å². The first kappa shape index (κ1) is 20.5. The lowest BCUT2D eigenvalue weighted by molar-refractivity contribution is -0.148. The largest absolute Gasteiger partial charge is 0.456 e. The van der Waals surface area contributed by atoms with Crippen molar-refractivity contribution in [2.24, 2.45) is 0 Å². The molecule has 138 valence electrons. The number of urea groups is 1. The summed E-state index contributed by atoms with van der Waals surface area (Å²) in [4.78, 5) is 33.9. The highest BCUT2D eigenvalue weighted by molar-refractivity contribution is 5.95. The fraction of sp³-hybridized carbons (Fsp3) is 0.438.